The Bertz CT molecular complexity index is 531. The standard InChI is InChI=1S/C14H14N2O4/c1-2-7-20-14(19)16-12(13(17)18)8-10-3-5-11(9-15)6-4-10/h2-6,12H,1,7-8H2,(H,16,19)(H,17,18)/t12-/m1/s1. The number of alkyl carbamates (subject to hydrolysis) is 1. The summed E-state index contributed by atoms with van der Waals surface area (Å²) >= 11 is 0. The SMILES string of the molecule is C=CCOC(=O)N[C@H](Cc1ccc(C#N)cc1)C(=O)O. The van der Waals surface area contributed by atoms with E-state index in [4.69, 9.17) is 10.4 Å². The number of ether oxygens (including phenoxy) is 1. The summed E-state index contributed by atoms with van der Waals surface area (Å²) in [5.41, 5.74) is 1.18. The number of carbonyl (C=O) groups excluding carboxylic acids is 1. The number of nitrogens with zero attached hydrogens (tertiary/aromatic N) is 1. The van der Waals surface area contributed by atoms with E-state index in [0.717, 1.165) is 0 Å². The first-order valence-corrected chi connectivity index (χ1v) is 5.83. The van der Waals surface area contributed by atoms with Crippen LogP contribution in [0.15, 0.2) is 36.9 Å². The third-order valence-corrected chi connectivity index (χ3v) is 2.45. The van der Waals surface area contributed by atoms with E-state index in [9.17, 15) is 9.59 Å². The summed E-state index contributed by atoms with van der Waals surface area (Å²) < 4.78 is 4.67. The topological polar surface area (TPSA) is 99.4 Å². The second kappa shape index (κ2) is 7.59. The molecule has 1 aromatic carbocycles. The van der Waals surface area contributed by atoms with Gasteiger partial charge >= 0.3 is 12.1 Å². The van der Waals surface area contributed by atoms with Gasteiger partial charge in [-0.3, -0.25) is 0 Å². The molecule has 0 saturated heterocycles. The Hall–Kier alpha value is -2.81. The molecule has 0 aliphatic heterocycles. The lowest BCUT2D eigenvalue weighted by Crippen LogP contribution is -2.42. The molecule has 0 aromatic heterocycles. The minimum absolute atomic E-state index is 0.00897. The van der Waals surface area contributed by atoms with E-state index in [1.165, 1.54) is 6.08 Å². The van der Waals surface area contributed by atoms with Crippen LogP contribution in [0.2, 0.25) is 0 Å². The fraction of sp³-hybridized carbons (Fsp3) is 0.214. The minimum atomic E-state index is -1.16. The summed E-state index contributed by atoms with van der Waals surface area (Å²) in [7, 11) is 0. The molecular weight excluding hydrogens is 260 g/mol. The molecule has 6 nitrogen and oxygen atoms in total. The molecule has 0 unspecified atom stereocenters. The number of rotatable bonds is 6. The van der Waals surface area contributed by atoms with Gasteiger partial charge in [-0.1, -0.05) is 24.8 Å². The maximum atomic E-state index is 11.3. The molecule has 0 radical (unpaired) electrons. The molecule has 0 fully saturated rings. The Balaban J connectivity index is 2.67. The quantitative estimate of drug-likeness (QED) is 0.765. The maximum absolute atomic E-state index is 11.3. The van der Waals surface area contributed by atoms with Crippen LogP contribution in [0.3, 0.4) is 0 Å². The second-order valence-corrected chi connectivity index (χ2v) is 3.94. The van der Waals surface area contributed by atoms with Gasteiger partial charge in [-0.25, -0.2) is 9.59 Å². The molecule has 0 aliphatic rings. The molecule has 0 spiro atoms. The zero-order chi connectivity index (χ0) is 15.0. The Morgan fingerprint density at radius 3 is 2.60 bits per heavy atom. The molecule has 1 rings (SSSR count). The van der Waals surface area contributed by atoms with Crippen LogP contribution in [-0.2, 0) is 16.0 Å². The average Bonchev–Trinajstić information content (AvgIpc) is 2.45. The summed E-state index contributed by atoms with van der Waals surface area (Å²) in [5.74, 6) is -1.16. The second-order valence-electron chi connectivity index (χ2n) is 3.94. The first-order chi connectivity index (χ1) is 9.56. The van der Waals surface area contributed by atoms with Gasteiger partial charge in [0, 0.05) is 6.42 Å². The van der Waals surface area contributed by atoms with Crippen LogP contribution in [0.4, 0.5) is 4.79 Å². The van der Waals surface area contributed by atoms with Crippen molar-refractivity contribution in [3.05, 3.63) is 48.0 Å². The van der Waals surface area contributed by atoms with Gasteiger partial charge in [0.2, 0.25) is 0 Å². The highest BCUT2D eigenvalue weighted by Gasteiger charge is 2.20. The number of nitrogens with one attached hydrogen (secondary N) is 1. The van der Waals surface area contributed by atoms with Crippen molar-refractivity contribution in [1.82, 2.24) is 5.32 Å². The van der Waals surface area contributed by atoms with Crippen LogP contribution in [0.5, 0.6) is 0 Å². The van der Waals surface area contributed by atoms with E-state index in [1.54, 1.807) is 24.3 Å². The van der Waals surface area contributed by atoms with Crippen molar-refractivity contribution in [2.75, 3.05) is 6.61 Å². The number of amides is 1. The molecular formula is C14H14N2O4. The first kappa shape index (κ1) is 15.2. The number of hydrogen-bond acceptors (Lipinski definition) is 4. The van der Waals surface area contributed by atoms with Crippen molar-refractivity contribution in [2.24, 2.45) is 0 Å². The fourth-order valence-corrected chi connectivity index (χ4v) is 1.47. The van der Waals surface area contributed by atoms with E-state index in [2.05, 4.69) is 16.6 Å². The van der Waals surface area contributed by atoms with Crippen LogP contribution < -0.4 is 5.32 Å². The van der Waals surface area contributed by atoms with Gasteiger partial charge < -0.3 is 15.2 Å². The van der Waals surface area contributed by atoms with Crippen molar-refractivity contribution < 1.29 is 19.4 Å². The predicted octanol–water partition coefficient (Wildman–Crippen LogP) is 1.47. The van der Waals surface area contributed by atoms with Crippen LogP contribution in [-0.4, -0.2) is 29.8 Å². The molecule has 0 heterocycles. The van der Waals surface area contributed by atoms with E-state index in [1.807, 2.05) is 6.07 Å². The van der Waals surface area contributed by atoms with Gasteiger partial charge in [0.25, 0.3) is 0 Å². The smallest absolute Gasteiger partial charge is 0.408 e. The zero-order valence-corrected chi connectivity index (χ0v) is 10.7. The molecule has 6 heteroatoms. The Morgan fingerprint density at radius 2 is 2.10 bits per heavy atom. The number of aliphatic carboxylic acids is 1. The minimum Gasteiger partial charge on any atom is -0.480 e. The highest BCUT2D eigenvalue weighted by atomic mass is 16.5. The van der Waals surface area contributed by atoms with Crippen molar-refractivity contribution in [3.8, 4) is 6.07 Å². The van der Waals surface area contributed by atoms with Gasteiger partial charge in [0.15, 0.2) is 0 Å². The lowest BCUT2D eigenvalue weighted by molar-refractivity contribution is -0.139. The van der Waals surface area contributed by atoms with Crippen LogP contribution in [0.1, 0.15) is 11.1 Å². The Kier molecular flexibility index (Phi) is 5.78. The van der Waals surface area contributed by atoms with E-state index in [-0.39, 0.29) is 13.0 Å². The molecule has 20 heavy (non-hydrogen) atoms. The van der Waals surface area contributed by atoms with Crippen molar-refractivity contribution >= 4 is 12.1 Å². The van der Waals surface area contributed by atoms with Gasteiger partial charge in [0.05, 0.1) is 11.6 Å². The maximum Gasteiger partial charge on any atom is 0.408 e. The number of hydrogen-bond donors (Lipinski definition) is 2. The molecule has 2 N–H and O–H groups in total. The lowest BCUT2D eigenvalue weighted by Gasteiger charge is -2.14. The van der Waals surface area contributed by atoms with Crippen molar-refractivity contribution in [1.29, 1.82) is 5.26 Å². The van der Waals surface area contributed by atoms with E-state index < -0.39 is 18.1 Å². The first-order valence-electron chi connectivity index (χ1n) is 5.83. The van der Waals surface area contributed by atoms with Gasteiger partial charge in [-0.05, 0) is 17.7 Å². The number of carbonyl (C=O) groups is 2. The third-order valence-electron chi connectivity index (χ3n) is 2.45. The number of nitriles is 1. The Morgan fingerprint density at radius 1 is 1.45 bits per heavy atom. The highest BCUT2D eigenvalue weighted by Crippen LogP contribution is 2.07. The summed E-state index contributed by atoms with van der Waals surface area (Å²) in [4.78, 5) is 22.4. The molecule has 0 bridgehead atoms. The van der Waals surface area contributed by atoms with Gasteiger partial charge in [-0.2, -0.15) is 5.26 Å². The number of carboxylic acid groups (broad SMARTS) is 1. The summed E-state index contributed by atoms with van der Waals surface area (Å²) in [5, 5.41) is 20.0. The van der Waals surface area contributed by atoms with E-state index in [0.29, 0.717) is 11.1 Å². The number of benzene rings is 1. The van der Waals surface area contributed by atoms with Gasteiger partial charge in [-0.15, -0.1) is 0 Å². The fourth-order valence-electron chi connectivity index (χ4n) is 1.47. The monoisotopic (exact) mass is 274 g/mol. The average molecular weight is 274 g/mol. The lowest BCUT2D eigenvalue weighted by atomic mass is 10.0. The largest absolute Gasteiger partial charge is 0.480 e. The van der Waals surface area contributed by atoms with E-state index >= 15 is 0 Å². The predicted molar refractivity (Wildman–Crippen MR) is 71.0 cm³/mol. The zero-order valence-electron chi connectivity index (χ0n) is 10.7. The molecule has 0 aliphatic carbocycles. The molecule has 104 valence electrons. The molecule has 0 saturated carbocycles. The molecule has 1 atom stereocenters. The summed E-state index contributed by atoms with van der Waals surface area (Å²) in [6, 6.07) is 7.34. The summed E-state index contributed by atoms with van der Waals surface area (Å²) in [6.45, 7) is 3.39. The third kappa shape index (κ3) is 4.82. The molecule has 1 aromatic rings. The van der Waals surface area contributed by atoms with Crippen molar-refractivity contribution in [3.63, 3.8) is 0 Å². The normalized spacial score (nSPS) is 10.9. The van der Waals surface area contributed by atoms with Crippen LogP contribution >= 0.6 is 0 Å². The van der Waals surface area contributed by atoms with Crippen molar-refractivity contribution in [2.45, 2.75) is 12.5 Å². The van der Waals surface area contributed by atoms with Gasteiger partial charge in [0.1, 0.15) is 12.6 Å². The Labute approximate surface area is 116 Å². The summed E-state index contributed by atoms with van der Waals surface area (Å²) in [6.07, 6.45) is 0.672. The molecule has 1 amide bonds. The number of carboxylic acids is 1. The van der Waals surface area contributed by atoms with Crippen LogP contribution in [0.25, 0.3) is 0 Å². The highest BCUT2D eigenvalue weighted by molar-refractivity contribution is 5.80. The van der Waals surface area contributed by atoms with Crippen LogP contribution in [0, 0.1) is 11.3 Å².